The second-order valence-electron chi connectivity index (χ2n) is 6.65. The lowest BCUT2D eigenvalue weighted by molar-refractivity contribution is -0.133. The van der Waals surface area contributed by atoms with Crippen molar-refractivity contribution in [1.82, 2.24) is 0 Å². The SMILES string of the molecule is COc1ccc(CC(=O)Oc2ccc3c(c2)O/C(=C\c2cccc(Br)c2)C3=O)cc1. The Kier molecular flexibility index (Phi) is 5.68. The molecule has 1 aliphatic rings. The first-order chi connectivity index (χ1) is 14.5. The molecule has 0 aromatic heterocycles. The molecule has 0 unspecified atom stereocenters. The van der Waals surface area contributed by atoms with E-state index in [-0.39, 0.29) is 18.0 Å². The minimum absolute atomic E-state index is 0.120. The Labute approximate surface area is 182 Å². The van der Waals surface area contributed by atoms with Crippen molar-refractivity contribution in [1.29, 1.82) is 0 Å². The average Bonchev–Trinajstić information content (AvgIpc) is 3.03. The molecule has 1 aliphatic heterocycles. The number of carbonyl (C=O) groups excluding carboxylic acids is 2. The van der Waals surface area contributed by atoms with Crippen LogP contribution in [0.2, 0.25) is 0 Å². The summed E-state index contributed by atoms with van der Waals surface area (Å²) in [4.78, 5) is 24.9. The van der Waals surface area contributed by atoms with Gasteiger partial charge in [0, 0.05) is 10.5 Å². The van der Waals surface area contributed by atoms with E-state index >= 15 is 0 Å². The standard InChI is InChI=1S/C24H17BrO5/c1-28-18-7-5-15(6-8-18)13-23(26)29-19-9-10-20-21(14-19)30-22(24(20)27)12-16-3-2-4-17(25)11-16/h2-12,14H,13H2,1H3/b22-12-. The maximum Gasteiger partial charge on any atom is 0.315 e. The van der Waals surface area contributed by atoms with Crippen molar-refractivity contribution in [3.63, 3.8) is 0 Å². The fourth-order valence-electron chi connectivity index (χ4n) is 3.06. The summed E-state index contributed by atoms with van der Waals surface area (Å²) in [7, 11) is 1.59. The predicted octanol–water partition coefficient (Wildman–Crippen LogP) is 5.22. The summed E-state index contributed by atoms with van der Waals surface area (Å²) in [6, 6.07) is 19.5. The molecule has 150 valence electrons. The molecule has 0 spiro atoms. The van der Waals surface area contributed by atoms with Gasteiger partial charge >= 0.3 is 5.97 Å². The highest BCUT2D eigenvalue weighted by Crippen LogP contribution is 2.35. The minimum atomic E-state index is -0.408. The fourth-order valence-corrected chi connectivity index (χ4v) is 3.47. The molecule has 0 saturated carbocycles. The third-order valence-corrected chi connectivity index (χ3v) is 5.02. The summed E-state index contributed by atoms with van der Waals surface area (Å²) < 4.78 is 17.2. The highest BCUT2D eigenvalue weighted by atomic mass is 79.9. The normalized spacial score (nSPS) is 13.7. The maximum absolute atomic E-state index is 12.6. The van der Waals surface area contributed by atoms with Crippen molar-refractivity contribution in [2.24, 2.45) is 0 Å². The smallest absolute Gasteiger partial charge is 0.315 e. The lowest BCUT2D eigenvalue weighted by Crippen LogP contribution is -2.11. The van der Waals surface area contributed by atoms with E-state index in [1.165, 1.54) is 0 Å². The number of methoxy groups -OCH3 is 1. The molecule has 4 rings (SSSR count). The quantitative estimate of drug-likeness (QED) is 0.294. The van der Waals surface area contributed by atoms with Crippen molar-refractivity contribution in [2.45, 2.75) is 6.42 Å². The van der Waals surface area contributed by atoms with Crippen LogP contribution in [-0.4, -0.2) is 18.9 Å². The molecule has 30 heavy (non-hydrogen) atoms. The van der Waals surface area contributed by atoms with Crippen molar-refractivity contribution in [3.8, 4) is 17.2 Å². The van der Waals surface area contributed by atoms with E-state index in [0.29, 0.717) is 17.1 Å². The van der Waals surface area contributed by atoms with E-state index in [0.717, 1.165) is 21.3 Å². The van der Waals surface area contributed by atoms with Crippen LogP contribution in [0, 0.1) is 0 Å². The van der Waals surface area contributed by atoms with Gasteiger partial charge in [-0.15, -0.1) is 0 Å². The molecule has 0 bridgehead atoms. The van der Waals surface area contributed by atoms with Crippen LogP contribution in [0.15, 0.2) is 77.0 Å². The van der Waals surface area contributed by atoms with Gasteiger partial charge in [0.05, 0.1) is 19.1 Å². The summed E-state index contributed by atoms with van der Waals surface area (Å²) in [5, 5.41) is 0. The van der Waals surface area contributed by atoms with Crippen LogP contribution >= 0.6 is 15.9 Å². The first kappa shape index (κ1) is 19.9. The zero-order valence-corrected chi connectivity index (χ0v) is 17.6. The largest absolute Gasteiger partial charge is 0.497 e. The molecule has 0 amide bonds. The highest BCUT2D eigenvalue weighted by Gasteiger charge is 2.28. The highest BCUT2D eigenvalue weighted by molar-refractivity contribution is 9.10. The van der Waals surface area contributed by atoms with Gasteiger partial charge in [-0.3, -0.25) is 9.59 Å². The number of fused-ring (bicyclic) bond motifs is 1. The summed E-state index contributed by atoms with van der Waals surface area (Å²) in [5.74, 6) is 1.03. The Hall–Kier alpha value is -3.38. The first-order valence-corrected chi connectivity index (χ1v) is 9.98. The molecule has 0 atom stereocenters. The summed E-state index contributed by atoms with van der Waals surface area (Å²) in [6.45, 7) is 0. The predicted molar refractivity (Wildman–Crippen MR) is 116 cm³/mol. The van der Waals surface area contributed by atoms with Crippen LogP contribution < -0.4 is 14.2 Å². The Morgan fingerprint density at radius 3 is 2.53 bits per heavy atom. The van der Waals surface area contributed by atoms with Crippen LogP contribution in [0.25, 0.3) is 6.08 Å². The molecule has 0 fully saturated rings. The zero-order chi connectivity index (χ0) is 21.1. The number of hydrogen-bond acceptors (Lipinski definition) is 5. The summed E-state index contributed by atoms with van der Waals surface area (Å²) in [6.07, 6.45) is 1.80. The molecule has 6 heteroatoms. The number of carbonyl (C=O) groups is 2. The van der Waals surface area contributed by atoms with Gasteiger partial charge in [0.25, 0.3) is 0 Å². The second-order valence-corrected chi connectivity index (χ2v) is 7.57. The molecule has 3 aromatic carbocycles. The van der Waals surface area contributed by atoms with Crippen LogP contribution in [0.4, 0.5) is 0 Å². The zero-order valence-electron chi connectivity index (χ0n) is 16.1. The first-order valence-electron chi connectivity index (χ1n) is 9.19. The number of ether oxygens (including phenoxy) is 3. The minimum Gasteiger partial charge on any atom is -0.497 e. The molecular formula is C24H17BrO5. The van der Waals surface area contributed by atoms with Crippen molar-refractivity contribution in [2.75, 3.05) is 7.11 Å². The van der Waals surface area contributed by atoms with E-state index in [4.69, 9.17) is 14.2 Å². The topological polar surface area (TPSA) is 61.8 Å². The lowest BCUT2D eigenvalue weighted by atomic mass is 10.1. The van der Waals surface area contributed by atoms with Crippen molar-refractivity contribution < 1.29 is 23.8 Å². The van der Waals surface area contributed by atoms with Crippen LogP contribution in [0.5, 0.6) is 17.2 Å². The average molecular weight is 465 g/mol. The number of hydrogen-bond donors (Lipinski definition) is 0. The molecule has 3 aromatic rings. The molecule has 0 saturated heterocycles. The molecule has 1 heterocycles. The Bertz CT molecular complexity index is 1150. The number of rotatable bonds is 5. The number of benzene rings is 3. The van der Waals surface area contributed by atoms with Gasteiger partial charge in [0.1, 0.15) is 17.2 Å². The number of ketones is 1. The van der Waals surface area contributed by atoms with Crippen LogP contribution in [-0.2, 0) is 11.2 Å². The van der Waals surface area contributed by atoms with E-state index in [9.17, 15) is 9.59 Å². The molecule has 0 radical (unpaired) electrons. The third kappa shape index (κ3) is 4.44. The van der Waals surface area contributed by atoms with Gasteiger partial charge in [-0.25, -0.2) is 0 Å². The fraction of sp³-hybridized carbons (Fsp3) is 0.0833. The van der Waals surface area contributed by atoms with E-state index in [1.807, 2.05) is 36.4 Å². The van der Waals surface area contributed by atoms with Crippen LogP contribution in [0.1, 0.15) is 21.5 Å². The van der Waals surface area contributed by atoms with Crippen molar-refractivity contribution >= 4 is 33.8 Å². The Balaban J connectivity index is 1.46. The van der Waals surface area contributed by atoms with Gasteiger partial charge in [-0.2, -0.15) is 0 Å². The Morgan fingerprint density at radius 1 is 1.03 bits per heavy atom. The number of halogens is 1. The van der Waals surface area contributed by atoms with Crippen LogP contribution in [0.3, 0.4) is 0 Å². The van der Waals surface area contributed by atoms with Gasteiger partial charge in [-0.05, 0) is 53.6 Å². The number of esters is 1. The van der Waals surface area contributed by atoms with Gasteiger partial charge in [0.2, 0.25) is 5.78 Å². The van der Waals surface area contributed by atoms with E-state index in [2.05, 4.69) is 15.9 Å². The van der Waals surface area contributed by atoms with Gasteiger partial charge < -0.3 is 14.2 Å². The molecular weight excluding hydrogens is 448 g/mol. The number of Topliss-reactive ketones (excluding diaryl/α,β-unsaturated/α-hetero) is 1. The summed E-state index contributed by atoms with van der Waals surface area (Å²) in [5.41, 5.74) is 2.09. The van der Waals surface area contributed by atoms with Gasteiger partial charge in [-0.1, -0.05) is 40.2 Å². The monoisotopic (exact) mass is 464 g/mol. The van der Waals surface area contributed by atoms with E-state index < -0.39 is 5.97 Å². The van der Waals surface area contributed by atoms with Crippen molar-refractivity contribution in [3.05, 3.63) is 93.7 Å². The third-order valence-electron chi connectivity index (χ3n) is 4.53. The lowest BCUT2D eigenvalue weighted by Gasteiger charge is -2.06. The number of allylic oxidation sites excluding steroid dienone is 1. The molecule has 5 nitrogen and oxygen atoms in total. The maximum atomic E-state index is 12.6. The summed E-state index contributed by atoms with van der Waals surface area (Å²) >= 11 is 3.41. The Morgan fingerprint density at radius 2 is 1.80 bits per heavy atom. The molecule has 0 N–H and O–H groups in total. The second kappa shape index (κ2) is 8.55. The molecule has 0 aliphatic carbocycles. The van der Waals surface area contributed by atoms with E-state index in [1.54, 1.807) is 43.5 Å². The van der Waals surface area contributed by atoms with Gasteiger partial charge in [0.15, 0.2) is 5.76 Å².